The quantitative estimate of drug-likeness (QED) is 0.391. The molecule has 0 bridgehead atoms. The molecule has 6 heteroatoms. The molecule has 1 amide bonds. The predicted octanol–water partition coefficient (Wildman–Crippen LogP) is 5.92. The smallest absolute Gasteiger partial charge is 0.347 e. The Labute approximate surface area is 197 Å². The molecule has 1 aliphatic carbocycles. The fourth-order valence-corrected chi connectivity index (χ4v) is 4.46. The molecular weight excluding hydrogens is 428 g/mol. The van der Waals surface area contributed by atoms with Gasteiger partial charge in [-0.1, -0.05) is 43.5 Å². The summed E-state index contributed by atoms with van der Waals surface area (Å²) in [6, 6.07) is 22.1. The van der Waals surface area contributed by atoms with E-state index in [-0.39, 0.29) is 18.4 Å². The van der Waals surface area contributed by atoms with E-state index in [0.29, 0.717) is 33.8 Å². The van der Waals surface area contributed by atoms with Gasteiger partial charge in [0.15, 0.2) is 6.61 Å². The first kappa shape index (κ1) is 21.9. The Morgan fingerprint density at radius 3 is 2.44 bits per heavy atom. The van der Waals surface area contributed by atoms with Gasteiger partial charge in [0.2, 0.25) is 5.89 Å². The highest BCUT2D eigenvalue weighted by Gasteiger charge is 2.15. The SMILES string of the molecule is O=C(COc1ccc(C2CCCCC2)cc1)Nc1ccc(-c2nc3ccccc3c(=O)o2)cc1. The third kappa shape index (κ3) is 5.01. The van der Waals surface area contributed by atoms with Gasteiger partial charge in [-0.25, -0.2) is 9.78 Å². The van der Waals surface area contributed by atoms with Crippen LogP contribution >= 0.6 is 0 Å². The fourth-order valence-electron chi connectivity index (χ4n) is 4.46. The first-order chi connectivity index (χ1) is 16.7. The largest absolute Gasteiger partial charge is 0.484 e. The summed E-state index contributed by atoms with van der Waals surface area (Å²) in [6.45, 7) is -0.0777. The highest BCUT2D eigenvalue weighted by molar-refractivity contribution is 5.92. The molecular formula is C28H26N2O4. The van der Waals surface area contributed by atoms with E-state index in [4.69, 9.17) is 9.15 Å². The number of para-hydroxylation sites is 1. The summed E-state index contributed by atoms with van der Waals surface area (Å²) < 4.78 is 11.0. The average Bonchev–Trinajstić information content (AvgIpc) is 2.89. The summed E-state index contributed by atoms with van der Waals surface area (Å²) in [6.07, 6.45) is 6.45. The van der Waals surface area contributed by atoms with Crippen molar-refractivity contribution in [2.45, 2.75) is 38.0 Å². The summed E-state index contributed by atoms with van der Waals surface area (Å²) >= 11 is 0. The van der Waals surface area contributed by atoms with Gasteiger partial charge in [0.25, 0.3) is 5.91 Å². The van der Waals surface area contributed by atoms with Gasteiger partial charge in [-0.05, 0) is 72.9 Å². The van der Waals surface area contributed by atoms with Crippen molar-refractivity contribution >= 4 is 22.5 Å². The van der Waals surface area contributed by atoms with E-state index in [1.807, 2.05) is 18.2 Å². The minimum absolute atomic E-state index is 0.0777. The van der Waals surface area contributed by atoms with Crippen molar-refractivity contribution in [3.8, 4) is 17.2 Å². The second kappa shape index (κ2) is 9.91. The van der Waals surface area contributed by atoms with Gasteiger partial charge in [0.05, 0.1) is 10.9 Å². The van der Waals surface area contributed by atoms with E-state index in [2.05, 4.69) is 22.4 Å². The second-order valence-corrected chi connectivity index (χ2v) is 8.64. The van der Waals surface area contributed by atoms with E-state index in [1.165, 1.54) is 37.7 Å². The molecule has 0 spiro atoms. The molecule has 1 fully saturated rings. The number of benzene rings is 3. The lowest BCUT2D eigenvalue weighted by atomic mass is 9.84. The standard InChI is InChI=1S/C28H26N2O4/c31-26(18-33-23-16-12-20(13-17-23)19-6-2-1-3-7-19)29-22-14-10-21(11-15-22)27-30-25-9-5-4-8-24(25)28(32)34-27/h4-5,8-17,19H,1-3,6-7,18H2,(H,29,31). The predicted molar refractivity (Wildman–Crippen MR) is 132 cm³/mol. The molecule has 172 valence electrons. The van der Waals surface area contributed by atoms with Gasteiger partial charge in [0.1, 0.15) is 5.75 Å². The average molecular weight is 455 g/mol. The van der Waals surface area contributed by atoms with Gasteiger partial charge in [-0.15, -0.1) is 0 Å². The highest BCUT2D eigenvalue weighted by Crippen LogP contribution is 2.33. The second-order valence-electron chi connectivity index (χ2n) is 8.64. The number of carbonyl (C=O) groups is 1. The number of anilines is 1. The first-order valence-corrected chi connectivity index (χ1v) is 11.7. The van der Waals surface area contributed by atoms with Crippen LogP contribution in [0.1, 0.15) is 43.6 Å². The molecule has 0 unspecified atom stereocenters. The molecule has 1 aliphatic rings. The van der Waals surface area contributed by atoms with Gasteiger partial charge in [-0.2, -0.15) is 0 Å². The van der Waals surface area contributed by atoms with E-state index in [9.17, 15) is 9.59 Å². The van der Waals surface area contributed by atoms with Gasteiger partial charge < -0.3 is 14.5 Å². The van der Waals surface area contributed by atoms with Crippen molar-refractivity contribution in [2.24, 2.45) is 0 Å². The van der Waals surface area contributed by atoms with Crippen LogP contribution in [0.3, 0.4) is 0 Å². The molecule has 6 nitrogen and oxygen atoms in total. The van der Waals surface area contributed by atoms with Crippen molar-refractivity contribution in [3.63, 3.8) is 0 Å². The summed E-state index contributed by atoms with van der Waals surface area (Å²) in [7, 11) is 0. The van der Waals surface area contributed by atoms with Crippen LogP contribution in [0.2, 0.25) is 0 Å². The van der Waals surface area contributed by atoms with Crippen LogP contribution in [0.4, 0.5) is 5.69 Å². The summed E-state index contributed by atoms with van der Waals surface area (Å²) in [5.41, 5.74) is 2.77. The van der Waals surface area contributed by atoms with Gasteiger partial charge in [0, 0.05) is 11.3 Å². The van der Waals surface area contributed by atoms with Crippen molar-refractivity contribution in [1.29, 1.82) is 0 Å². The first-order valence-electron chi connectivity index (χ1n) is 11.7. The van der Waals surface area contributed by atoms with Crippen LogP contribution in [0.15, 0.2) is 82.0 Å². The van der Waals surface area contributed by atoms with E-state index < -0.39 is 5.63 Å². The zero-order chi connectivity index (χ0) is 23.3. The number of nitrogens with zero attached hydrogens (tertiary/aromatic N) is 1. The topological polar surface area (TPSA) is 81.4 Å². The maximum Gasteiger partial charge on any atom is 0.347 e. The Morgan fingerprint density at radius 2 is 1.68 bits per heavy atom. The van der Waals surface area contributed by atoms with Crippen LogP contribution in [0, 0.1) is 0 Å². The molecule has 0 radical (unpaired) electrons. The van der Waals surface area contributed by atoms with Gasteiger partial charge in [-0.3, -0.25) is 4.79 Å². The molecule has 4 aromatic rings. The van der Waals surface area contributed by atoms with E-state index in [1.54, 1.807) is 42.5 Å². The van der Waals surface area contributed by atoms with Crippen LogP contribution in [0.5, 0.6) is 5.75 Å². The number of aromatic nitrogens is 1. The molecule has 1 N–H and O–H groups in total. The van der Waals surface area contributed by atoms with Crippen LogP contribution < -0.4 is 15.7 Å². The Morgan fingerprint density at radius 1 is 0.941 bits per heavy atom. The molecule has 3 aromatic carbocycles. The Kier molecular flexibility index (Phi) is 6.38. The van der Waals surface area contributed by atoms with Crippen molar-refractivity contribution < 1.29 is 13.9 Å². The number of ether oxygens (including phenoxy) is 1. The lowest BCUT2D eigenvalue weighted by Gasteiger charge is -2.22. The number of nitrogens with one attached hydrogen (secondary N) is 1. The molecule has 0 atom stereocenters. The zero-order valence-electron chi connectivity index (χ0n) is 18.8. The number of hydrogen-bond donors (Lipinski definition) is 1. The number of carbonyl (C=O) groups excluding carboxylic acids is 1. The van der Waals surface area contributed by atoms with E-state index in [0.717, 1.165) is 0 Å². The van der Waals surface area contributed by atoms with Crippen LogP contribution in [-0.2, 0) is 4.79 Å². The van der Waals surface area contributed by atoms with Crippen LogP contribution in [-0.4, -0.2) is 17.5 Å². The minimum atomic E-state index is -0.429. The third-order valence-electron chi connectivity index (χ3n) is 6.28. The maximum absolute atomic E-state index is 12.3. The third-order valence-corrected chi connectivity index (χ3v) is 6.28. The molecule has 0 aliphatic heterocycles. The maximum atomic E-state index is 12.3. The highest BCUT2D eigenvalue weighted by atomic mass is 16.5. The molecule has 1 saturated carbocycles. The zero-order valence-corrected chi connectivity index (χ0v) is 18.8. The number of fused-ring (bicyclic) bond motifs is 1. The lowest BCUT2D eigenvalue weighted by Crippen LogP contribution is -2.20. The normalized spacial score (nSPS) is 14.1. The number of amides is 1. The molecule has 1 heterocycles. The molecule has 34 heavy (non-hydrogen) atoms. The monoisotopic (exact) mass is 454 g/mol. The fraction of sp³-hybridized carbons (Fsp3) is 0.250. The number of rotatable bonds is 6. The summed E-state index contributed by atoms with van der Waals surface area (Å²) in [5, 5.41) is 3.26. The van der Waals surface area contributed by atoms with Crippen molar-refractivity contribution in [1.82, 2.24) is 4.98 Å². The molecule has 1 aromatic heterocycles. The summed E-state index contributed by atoms with van der Waals surface area (Å²) in [5.74, 6) is 1.32. The lowest BCUT2D eigenvalue weighted by molar-refractivity contribution is -0.118. The Bertz CT molecular complexity index is 1340. The minimum Gasteiger partial charge on any atom is -0.484 e. The molecule has 0 saturated heterocycles. The number of hydrogen-bond acceptors (Lipinski definition) is 5. The van der Waals surface area contributed by atoms with Crippen molar-refractivity contribution in [2.75, 3.05) is 11.9 Å². The summed E-state index contributed by atoms with van der Waals surface area (Å²) in [4.78, 5) is 29.0. The van der Waals surface area contributed by atoms with Crippen molar-refractivity contribution in [3.05, 3.63) is 88.8 Å². The Balaban J connectivity index is 1.17. The van der Waals surface area contributed by atoms with E-state index >= 15 is 0 Å². The Hall–Kier alpha value is -3.93. The van der Waals surface area contributed by atoms with Gasteiger partial charge >= 0.3 is 5.63 Å². The van der Waals surface area contributed by atoms with Crippen LogP contribution in [0.25, 0.3) is 22.4 Å². The molecule has 5 rings (SSSR count).